The molecule has 6 nitrogen and oxygen atoms in total. The Morgan fingerprint density at radius 3 is 2.74 bits per heavy atom. The molecule has 31 heavy (non-hydrogen) atoms. The molecular formula is C24H44N6S. The zero-order chi connectivity index (χ0) is 21.9. The van der Waals surface area contributed by atoms with Gasteiger partial charge in [0.15, 0.2) is 5.96 Å². The van der Waals surface area contributed by atoms with Crippen LogP contribution in [0.5, 0.6) is 0 Å². The van der Waals surface area contributed by atoms with Crippen molar-refractivity contribution in [3.05, 3.63) is 22.4 Å². The lowest BCUT2D eigenvalue weighted by molar-refractivity contribution is 0.143. The molecule has 2 aliphatic heterocycles. The van der Waals surface area contributed by atoms with Crippen molar-refractivity contribution in [2.75, 3.05) is 72.5 Å². The highest BCUT2D eigenvalue weighted by Gasteiger charge is 2.25. The fraction of sp³-hybridized carbons (Fsp3) is 0.792. The van der Waals surface area contributed by atoms with E-state index in [1.165, 1.54) is 70.0 Å². The molecule has 2 fully saturated rings. The molecule has 0 amide bonds. The van der Waals surface area contributed by atoms with Crippen LogP contribution in [-0.2, 0) is 0 Å². The van der Waals surface area contributed by atoms with Gasteiger partial charge in [0.05, 0.1) is 12.6 Å². The molecule has 0 aliphatic carbocycles. The van der Waals surface area contributed by atoms with Gasteiger partial charge in [-0.1, -0.05) is 13.0 Å². The second-order valence-electron chi connectivity index (χ2n) is 9.25. The van der Waals surface area contributed by atoms with Crippen LogP contribution in [0.25, 0.3) is 0 Å². The Kier molecular flexibility index (Phi) is 10.6. The molecule has 1 atom stereocenters. The number of rotatable bonds is 9. The van der Waals surface area contributed by atoms with Gasteiger partial charge in [0.2, 0.25) is 0 Å². The number of likely N-dealkylation sites (N-methyl/N-ethyl adjacent to an activating group) is 1. The SMILES string of the molecule is CCNC(=NCC(c1cccs1)N1CCC(C)CC1)NCCCN1CCCN(C)CC1. The van der Waals surface area contributed by atoms with Crippen molar-refractivity contribution < 1.29 is 0 Å². The van der Waals surface area contributed by atoms with Gasteiger partial charge in [0, 0.05) is 31.1 Å². The first kappa shape index (κ1) is 24.5. The number of aliphatic imine (C=N–C) groups is 1. The van der Waals surface area contributed by atoms with Crippen molar-refractivity contribution in [1.82, 2.24) is 25.3 Å². The molecule has 0 spiro atoms. The second kappa shape index (κ2) is 13.4. The van der Waals surface area contributed by atoms with Gasteiger partial charge in [0.1, 0.15) is 0 Å². The number of nitrogens with one attached hydrogen (secondary N) is 2. The first-order valence-corrected chi connectivity index (χ1v) is 13.2. The molecule has 176 valence electrons. The second-order valence-corrected chi connectivity index (χ2v) is 10.2. The van der Waals surface area contributed by atoms with Crippen LogP contribution in [0.4, 0.5) is 0 Å². The van der Waals surface area contributed by atoms with Gasteiger partial charge >= 0.3 is 0 Å². The Labute approximate surface area is 194 Å². The average molecular weight is 449 g/mol. The summed E-state index contributed by atoms with van der Waals surface area (Å²) in [4.78, 5) is 14.2. The van der Waals surface area contributed by atoms with Gasteiger partial charge < -0.3 is 20.4 Å². The smallest absolute Gasteiger partial charge is 0.191 e. The Morgan fingerprint density at radius 1 is 1.16 bits per heavy atom. The van der Waals surface area contributed by atoms with E-state index in [0.29, 0.717) is 6.04 Å². The molecule has 3 heterocycles. The third kappa shape index (κ3) is 8.37. The third-order valence-electron chi connectivity index (χ3n) is 6.65. The minimum atomic E-state index is 0.400. The molecule has 0 bridgehead atoms. The maximum absolute atomic E-state index is 5.01. The van der Waals surface area contributed by atoms with Crippen molar-refractivity contribution in [2.24, 2.45) is 10.9 Å². The largest absolute Gasteiger partial charge is 0.357 e. The number of piperidine rings is 1. The number of nitrogens with zero attached hydrogens (tertiary/aromatic N) is 4. The number of thiophene rings is 1. The standard InChI is InChI=1S/C24H44N6S/c1-4-25-24(26-11-6-13-29-14-7-12-28(3)17-18-29)27-20-22(23-8-5-19-31-23)30-15-9-21(2)10-16-30/h5,8,19,21-22H,4,6-7,9-18,20H2,1-3H3,(H2,25,26,27). The molecule has 0 radical (unpaired) electrons. The molecule has 1 aromatic rings. The number of likely N-dealkylation sites (tertiary alicyclic amines) is 1. The fourth-order valence-electron chi connectivity index (χ4n) is 4.56. The van der Waals surface area contributed by atoms with E-state index in [2.05, 4.69) is 63.7 Å². The Bertz CT molecular complexity index is 626. The van der Waals surface area contributed by atoms with Crippen molar-refractivity contribution in [3.63, 3.8) is 0 Å². The van der Waals surface area contributed by atoms with Crippen LogP contribution >= 0.6 is 11.3 Å². The fourth-order valence-corrected chi connectivity index (χ4v) is 5.41. The first-order chi connectivity index (χ1) is 15.2. The highest BCUT2D eigenvalue weighted by Crippen LogP contribution is 2.29. The van der Waals surface area contributed by atoms with Crippen molar-refractivity contribution in [1.29, 1.82) is 0 Å². The van der Waals surface area contributed by atoms with E-state index >= 15 is 0 Å². The third-order valence-corrected chi connectivity index (χ3v) is 7.63. The van der Waals surface area contributed by atoms with E-state index in [-0.39, 0.29) is 0 Å². The van der Waals surface area contributed by atoms with Crippen LogP contribution in [0.15, 0.2) is 22.5 Å². The summed E-state index contributed by atoms with van der Waals surface area (Å²) in [7, 11) is 2.23. The summed E-state index contributed by atoms with van der Waals surface area (Å²) >= 11 is 1.87. The summed E-state index contributed by atoms with van der Waals surface area (Å²) in [5.41, 5.74) is 0. The van der Waals surface area contributed by atoms with Crippen molar-refractivity contribution >= 4 is 17.3 Å². The monoisotopic (exact) mass is 448 g/mol. The lowest BCUT2D eigenvalue weighted by Crippen LogP contribution is -2.41. The van der Waals surface area contributed by atoms with E-state index in [0.717, 1.165) is 37.9 Å². The Morgan fingerprint density at radius 2 is 2.00 bits per heavy atom. The Hall–Kier alpha value is -1.15. The van der Waals surface area contributed by atoms with Gasteiger partial charge in [-0.25, -0.2) is 0 Å². The van der Waals surface area contributed by atoms with Gasteiger partial charge in [-0.15, -0.1) is 11.3 Å². The molecule has 2 aliphatic rings. The Balaban J connectivity index is 1.49. The van der Waals surface area contributed by atoms with E-state index in [9.17, 15) is 0 Å². The van der Waals surface area contributed by atoms with Gasteiger partial charge in [0.25, 0.3) is 0 Å². The van der Waals surface area contributed by atoms with Gasteiger partial charge in [-0.3, -0.25) is 9.89 Å². The number of guanidine groups is 1. The van der Waals surface area contributed by atoms with E-state index < -0.39 is 0 Å². The van der Waals surface area contributed by atoms with Crippen LogP contribution in [0.2, 0.25) is 0 Å². The molecule has 3 rings (SSSR count). The van der Waals surface area contributed by atoms with Gasteiger partial charge in [-0.05, 0) is 89.7 Å². The zero-order valence-electron chi connectivity index (χ0n) is 20.0. The molecule has 0 aromatic carbocycles. The van der Waals surface area contributed by atoms with Crippen LogP contribution in [0.3, 0.4) is 0 Å². The molecule has 1 unspecified atom stereocenters. The number of hydrogen-bond donors (Lipinski definition) is 2. The maximum Gasteiger partial charge on any atom is 0.191 e. The molecular weight excluding hydrogens is 404 g/mol. The normalized spacial score (nSPS) is 21.7. The number of hydrogen-bond acceptors (Lipinski definition) is 5. The predicted octanol–water partition coefficient (Wildman–Crippen LogP) is 3.10. The average Bonchev–Trinajstić information content (AvgIpc) is 3.22. The summed E-state index contributed by atoms with van der Waals surface area (Å²) in [5, 5.41) is 9.23. The minimum Gasteiger partial charge on any atom is -0.357 e. The molecule has 1 aromatic heterocycles. The van der Waals surface area contributed by atoms with Crippen LogP contribution in [-0.4, -0.2) is 93.2 Å². The van der Waals surface area contributed by atoms with Crippen molar-refractivity contribution in [3.8, 4) is 0 Å². The summed E-state index contributed by atoms with van der Waals surface area (Å²) in [6.45, 7) is 15.6. The topological polar surface area (TPSA) is 46.1 Å². The highest BCUT2D eigenvalue weighted by atomic mass is 32.1. The van der Waals surface area contributed by atoms with Crippen LogP contribution in [0, 0.1) is 5.92 Å². The molecule has 7 heteroatoms. The molecule has 2 N–H and O–H groups in total. The predicted molar refractivity (Wildman–Crippen MR) is 134 cm³/mol. The summed E-state index contributed by atoms with van der Waals surface area (Å²) in [5.74, 6) is 1.82. The lowest BCUT2D eigenvalue weighted by atomic mass is 9.97. The lowest BCUT2D eigenvalue weighted by Gasteiger charge is -2.35. The quantitative estimate of drug-likeness (QED) is 0.345. The summed E-state index contributed by atoms with van der Waals surface area (Å²) in [6.07, 6.45) is 5.05. The highest BCUT2D eigenvalue weighted by molar-refractivity contribution is 7.10. The molecule has 0 saturated carbocycles. The van der Waals surface area contributed by atoms with Crippen LogP contribution in [0.1, 0.15) is 50.4 Å². The van der Waals surface area contributed by atoms with Crippen LogP contribution < -0.4 is 10.6 Å². The minimum absolute atomic E-state index is 0.400. The maximum atomic E-state index is 5.01. The van der Waals surface area contributed by atoms with E-state index in [1.54, 1.807) is 0 Å². The summed E-state index contributed by atoms with van der Waals surface area (Å²) < 4.78 is 0. The van der Waals surface area contributed by atoms with E-state index in [4.69, 9.17) is 4.99 Å². The first-order valence-electron chi connectivity index (χ1n) is 12.4. The molecule has 2 saturated heterocycles. The zero-order valence-corrected chi connectivity index (χ0v) is 20.8. The van der Waals surface area contributed by atoms with Crippen molar-refractivity contribution in [2.45, 2.75) is 45.6 Å². The van der Waals surface area contributed by atoms with Gasteiger partial charge in [-0.2, -0.15) is 0 Å². The summed E-state index contributed by atoms with van der Waals surface area (Å²) in [6, 6.07) is 4.85. The van der Waals surface area contributed by atoms with E-state index in [1.807, 2.05) is 11.3 Å².